The molecule has 4 aliphatic rings. The lowest BCUT2D eigenvalue weighted by atomic mass is 9.72. The molecule has 13 heteroatoms. The molecule has 0 aliphatic heterocycles. The lowest BCUT2D eigenvalue weighted by molar-refractivity contribution is -0.0280. The van der Waals surface area contributed by atoms with Gasteiger partial charge >= 0.3 is 0 Å². The van der Waals surface area contributed by atoms with Crippen LogP contribution in [0.3, 0.4) is 0 Å². The van der Waals surface area contributed by atoms with E-state index >= 15 is 0 Å². The number of nitrogens with two attached hydrogens (primary N) is 1. The summed E-state index contributed by atoms with van der Waals surface area (Å²) in [5, 5.41) is 80.7. The number of phenolic OH excluding ortho intramolecular Hbond substituents is 1. The molecule has 12 nitrogen and oxygen atoms in total. The zero-order valence-corrected chi connectivity index (χ0v) is 49.4. The third kappa shape index (κ3) is 19.9. The van der Waals surface area contributed by atoms with E-state index in [0.29, 0.717) is 6.54 Å². The number of rotatable bonds is 18. The van der Waals surface area contributed by atoms with Crippen LogP contribution in [0, 0.1) is 0 Å². The molecule has 4 aliphatic carbocycles. The van der Waals surface area contributed by atoms with E-state index in [9.17, 15) is 25.5 Å². The Morgan fingerprint density at radius 2 is 0.564 bits per heavy atom. The van der Waals surface area contributed by atoms with Crippen molar-refractivity contribution in [3.8, 4) is 5.75 Å². The van der Waals surface area contributed by atoms with Crippen LogP contribution < -0.4 is 5.73 Å². The molecule has 4 fully saturated rings. The van der Waals surface area contributed by atoms with Gasteiger partial charge in [0.15, 0.2) is 0 Å². The molecule has 0 amide bonds. The normalized spacial score (nSPS) is 20.0. The van der Waals surface area contributed by atoms with Crippen LogP contribution in [-0.4, -0.2) is 146 Å². The van der Waals surface area contributed by atoms with Crippen molar-refractivity contribution in [1.29, 1.82) is 0 Å². The fourth-order valence-electron chi connectivity index (χ4n) is 12.8. The second-order valence-corrected chi connectivity index (χ2v) is 24.2. The summed E-state index contributed by atoms with van der Waals surface area (Å²) < 4.78 is 0. The SMILES string of the molecule is CN(C)CC(c1ccc(CO)cc1)C1(O)CCCCC1.CN(C)CC(c1ccc(CO)cc1)C1(O)CCCCC1.CN(C)CC(c1ccc(O)cc1)C1(O)CCCCC1.Cl.NCC(c1ccc(CO)cc1)C1(O)CCCCC1. The van der Waals surface area contributed by atoms with Crippen LogP contribution >= 0.6 is 12.4 Å². The fraction of sp³-hybridized carbons (Fsp3) is 0.631. The van der Waals surface area contributed by atoms with Gasteiger partial charge in [-0.2, -0.15) is 0 Å². The van der Waals surface area contributed by atoms with E-state index in [1.165, 1.54) is 36.8 Å². The van der Waals surface area contributed by atoms with Crippen molar-refractivity contribution < 1.29 is 40.9 Å². The molecule has 78 heavy (non-hydrogen) atoms. The standard InChI is InChI=1S/2C17H27NO2.C16H25NO2.C15H23NO2.ClH/c2*1-18(2)12-16(17(20)10-4-3-5-11-17)15-8-6-14(13-19)7-9-15;1-17(2)12-15(13-6-8-14(18)9-7-13)16(19)10-4-3-5-11-16;16-10-14(15(18)8-2-1-3-9-15)13-6-4-12(11-17)5-7-13;/h2*6-9,16,19-20H,3-5,10-13H2,1-2H3;6-9,15,18-19H,3-5,10-12H2,1-2H3;4-7,14,17-18H,1-3,8-11,16H2;1H. The third-order valence-electron chi connectivity index (χ3n) is 17.3. The number of aromatic hydroxyl groups is 1. The number of likely N-dealkylation sites (N-methyl/N-ethyl adjacent to an activating group) is 3. The number of nitrogens with zero attached hydrogens (tertiary/aromatic N) is 3. The molecule has 4 unspecified atom stereocenters. The lowest BCUT2D eigenvalue weighted by Crippen LogP contribution is -2.42. The molecule has 0 radical (unpaired) electrons. The smallest absolute Gasteiger partial charge is 0.115 e. The Hall–Kier alpha value is -3.47. The van der Waals surface area contributed by atoms with Crippen LogP contribution in [0.1, 0.15) is 191 Å². The minimum absolute atomic E-state index is 0. The molecule has 438 valence electrons. The van der Waals surface area contributed by atoms with Crippen LogP contribution in [0.4, 0.5) is 0 Å². The molecule has 4 aromatic carbocycles. The third-order valence-corrected chi connectivity index (χ3v) is 17.3. The van der Waals surface area contributed by atoms with Gasteiger partial charge in [-0.05, 0) is 145 Å². The van der Waals surface area contributed by atoms with Gasteiger partial charge in [0, 0.05) is 49.9 Å². The number of aliphatic hydroxyl groups excluding tert-OH is 3. The van der Waals surface area contributed by atoms with Crippen molar-refractivity contribution in [2.75, 3.05) is 68.5 Å². The first-order valence-corrected chi connectivity index (χ1v) is 29.2. The molecule has 0 spiro atoms. The van der Waals surface area contributed by atoms with E-state index < -0.39 is 22.4 Å². The van der Waals surface area contributed by atoms with Crippen molar-refractivity contribution in [3.63, 3.8) is 0 Å². The van der Waals surface area contributed by atoms with Crippen molar-refractivity contribution in [2.24, 2.45) is 5.73 Å². The number of hydrogen-bond donors (Lipinski definition) is 9. The van der Waals surface area contributed by atoms with Gasteiger partial charge in [0.25, 0.3) is 0 Å². The summed E-state index contributed by atoms with van der Waals surface area (Å²) in [6, 6.07) is 31.2. The zero-order chi connectivity index (χ0) is 56.1. The van der Waals surface area contributed by atoms with Crippen LogP contribution in [0.5, 0.6) is 5.75 Å². The monoisotopic (exact) mass is 1100 g/mol. The first-order valence-electron chi connectivity index (χ1n) is 29.2. The highest BCUT2D eigenvalue weighted by Gasteiger charge is 2.42. The number of aliphatic hydroxyl groups is 7. The number of halogens is 1. The predicted molar refractivity (Wildman–Crippen MR) is 320 cm³/mol. The van der Waals surface area contributed by atoms with Gasteiger partial charge in [0.1, 0.15) is 5.75 Å². The van der Waals surface area contributed by atoms with Gasteiger partial charge in [0.05, 0.1) is 42.2 Å². The summed E-state index contributed by atoms with van der Waals surface area (Å²) in [6.07, 6.45) is 20.8. The van der Waals surface area contributed by atoms with E-state index in [-0.39, 0.29) is 61.6 Å². The highest BCUT2D eigenvalue weighted by molar-refractivity contribution is 5.85. The average Bonchev–Trinajstić information content (AvgIpc) is 3.43. The molecule has 4 aromatic rings. The molecule has 8 rings (SSSR count). The van der Waals surface area contributed by atoms with Crippen molar-refractivity contribution >= 4 is 12.4 Å². The average molecular weight is 1100 g/mol. The predicted octanol–water partition coefficient (Wildman–Crippen LogP) is 10.1. The minimum Gasteiger partial charge on any atom is -0.508 e. The van der Waals surface area contributed by atoms with Gasteiger partial charge in [0.2, 0.25) is 0 Å². The second kappa shape index (κ2) is 32.8. The van der Waals surface area contributed by atoms with E-state index in [1.54, 1.807) is 12.1 Å². The van der Waals surface area contributed by atoms with Crippen LogP contribution in [0.2, 0.25) is 0 Å². The van der Waals surface area contributed by atoms with Gasteiger partial charge in [-0.15, -0.1) is 12.4 Å². The van der Waals surface area contributed by atoms with Crippen molar-refractivity contribution in [1.82, 2.24) is 14.7 Å². The zero-order valence-electron chi connectivity index (χ0n) is 48.5. The highest BCUT2D eigenvalue weighted by atomic mass is 35.5. The van der Waals surface area contributed by atoms with E-state index in [2.05, 4.69) is 67.2 Å². The molecular weight excluding hydrogens is 1000 g/mol. The Balaban J connectivity index is 0.000000224. The van der Waals surface area contributed by atoms with Crippen LogP contribution in [-0.2, 0) is 19.8 Å². The fourth-order valence-corrected chi connectivity index (χ4v) is 12.8. The molecule has 0 aromatic heterocycles. The Kier molecular flexibility index (Phi) is 28.2. The summed E-state index contributed by atoms with van der Waals surface area (Å²) >= 11 is 0. The van der Waals surface area contributed by atoms with E-state index in [0.717, 1.165) is 150 Å². The topological polar surface area (TPSA) is 198 Å². The summed E-state index contributed by atoms with van der Waals surface area (Å²) in [4.78, 5) is 6.43. The van der Waals surface area contributed by atoms with E-state index in [1.807, 2.05) is 74.8 Å². The Bertz CT molecular complexity index is 2140. The van der Waals surface area contributed by atoms with Crippen LogP contribution in [0.15, 0.2) is 97.1 Å². The van der Waals surface area contributed by atoms with Gasteiger partial charge in [-0.25, -0.2) is 0 Å². The maximum atomic E-state index is 11.1. The van der Waals surface area contributed by atoms with Crippen molar-refractivity contribution in [2.45, 2.75) is 194 Å². The summed E-state index contributed by atoms with van der Waals surface area (Å²) in [5.41, 5.74) is 10.8. The molecule has 4 atom stereocenters. The first kappa shape index (κ1) is 67.0. The quantitative estimate of drug-likeness (QED) is 0.0458. The van der Waals surface area contributed by atoms with Gasteiger partial charge in [-0.3, -0.25) is 0 Å². The number of phenols is 1. The number of hydrogen-bond acceptors (Lipinski definition) is 12. The highest BCUT2D eigenvalue weighted by Crippen LogP contribution is 2.44. The maximum Gasteiger partial charge on any atom is 0.115 e. The van der Waals surface area contributed by atoms with Gasteiger partial charge in [-0.1, -0.05) is 162 Å². The molecule has 0 heterocycles. The Labute approximate surface area is 476 Å². The summed E-state index contributed by atoms with van der Waals surface area (Å²) in [5.74, 6) is 0.688. The summed E-state index contributed by atoms with van der Waals surface area (Å²) in [6.45, 7) is 3.21. The lowest BCUT2D eigenvalue weighted by Gasteiger charge is -2.41. The van der Waals surface area contributed by atoms with E-state index in [4.69, 9.17) is 21.1 Å². The Morgan fingerprint density at radius 1 is 0.359 bits per heavy atom. The maximum absolute atomic E-state index is 11.1. The minimum atomic E-state index is -0.645. The second-order valence-electron chi connectivity index (χ2n) is 24.2. The molecular formula is C65H103ClN4O8. The van der Waals surface area contributed by atoms with Gasteiger partial charge < -0.3 is 61.3 Å². The molecule has 4 saturated carbocycles. The molecule has 10 N–H and O–H groups in total. The molecule has 0 bridgehead atoms. The largest absolute Gasteiger partial charge is 0.508 e. The Morgan fingerprint density at radius 3 is 0.769 bits per heavy atom. The van der Waals surface area contributed by atoms with Crippen molar-refractivity contribution in [3.05, 3.63) is 136 Å². The van der Waals surface area contributed by atoms with Crippen LogP contribution in [0.25, 0.3) is 0 Å². The number of benzene rings is 4. The first-order chi connectivity index (χ1) is 36.8. The summed E-state index contributed by atoms with van der Waals surface area (Å²) in [7, 11) is 12.3. The molecule has 0 saturated heterocycles.